The van der Waals surface area contributed by atoms with E-state index < -0.39 is 0 Å². The maximum Gasteiger partial charge on any atom is 0.160 e. The van der Waals surface area contributed by atoms with Gasteiger partial charge in [-0.3, -0.25) is 0 Å². The molecule has 3 N–H and O–H groups in total. The highest BCUT2D eigenvalue weighted by Gasteiger charge is 2.53. The number of ether oxygens (including phenoxy) is 1. The van der Waals surface area contributed by atoms with E-state index in [2.05, 4.69) is 13.0 Å². The molecule has 0 aromatic heterocycles. The topological polar surface area (TPSA) is 55.5 Å². The normalized spacial score (nSPS) is 39.8. The summed E-state index contributed by atoms with van der Waals surface area (Å²) >= 11 is 0. The average Bonchev–Trinajstić information content (AvgIpc) is 2.82. The smallest absolute Gasteiger partial charge is 0.160 e. The summed E-state index contributed by atoms with van der Waals surface area (Å²) in [6.07, 6.45) is 7.28. The second-order valence-corrected chi connectivity index (χ2v) is 7.87. The number of rotatable bonds is 1. The highest BCUT2D eigenvalue weighted by atomic mass is 16.5. The van der Waals surface area contributed by atoms with Crippen LogP contribution in [0.2, 0.25) is 0 Å². The van der Waals surface area contributed by atoms with Gasteiger partial charge in [-0.2, -0.15) is 0 Å². The first-order valence-electron chi connectivity index (χ1n) is 8.70. The van der Waals surface area contributed by atoms with Crippen molar-refractivity contribution in [3.63, 3.8) is 0 Å². The van der Waals surface area contributed by atoms with Gasteiger partial charge in [0.1, 0.15) is 0 Å². The molecule has 0 aliphatic heterocycles. The zero-order valence-corrected chi connectivity index (χ0v) is 13.6. The second-order valence-electron chi connectivity index (χ2n) is 7.87. The van der Waals surface area contributed by atoms with Crippen LogP contribution >= 0.6 is 0 Å². The molecule has 3 aliphatic rings. The molecule has 3 heteroatoms. The number of fused-ring (bicyclic) bond motifs is 5. The molecule has 2 fully saturated rings. The molecule has 3 aliphatic carbocycles. The summed E-state index contributed by atoms with van der Waals surface area (Å²) in [6, 6.07) is 4.41. The molecule has 5 atom stereocenters. The lowest BCUT2D eigenvalue weighted by Gasteiger charge is -2.50. The quantitative estimate of drug-likeness (QED) is 0.833. The first-order valence-corrected chi connectivity index (χ1v) is 8.70. The minimum Gasteiger partial charge on any atom is -0.504 e. The van der Waals surface area contributed by atoms with Crippen LogP contribution in [0.5, 0.6) is 11.5 Å². The third-order valence-corrected chi connectivity index (χ3v) is 7.10. The Balaban J connectivity index is 1.72. The molecule has 120 valence electrons. The van der Waals surface area contributed by atoms with Crippen LogP contribution in [0.4, 0.5) is 0 Å². The van der Waals surface area contributed by atoms with Gasteiger partial charge in [0.25, 0.3) is 0 Å². The van der Waals surface area contributed by atoms with Crippen LogP contribution in [0, 0.1) is 17.3 Å². The molecule has 1 aromatic rings. The second kappa shape index (κ2) is 4.89. The van der Waals surface area contributed by atoms with Gasteiger partial charge in [-0.05, 0) is 85.0 Å². The van der Waals surface area contributed by atoms with E-state index in [0.717, 1.165) is 18.3 Å². The lowest BCUT2D eigenvalue weighted by Crippen LogP contribution is -2.46. The molecule has 1 aromatic carbocycles. The summed E-state index contributed by atoms with van der Waals surface area (Å²) in [5, 5.41) is 10.0. The number of phenols is 1. The van der Waals surface area contributed by atoms with Gasteiger partial charge in [-0.15, -0.1) is 0 Å². The lowest BCUT2D eigenvalue weighted by molar-refractivity contribution is 0.0495. The van der Waals surface area contributed by atoms with Crippen LogP contribution in [-0.2, 0) is 6.42 Å². The van der Waals surface area contributed by atoms with Crippen molar-refractivity contribution in [1.82, 2.24) is 0 Å². The number of aryl methyl sites for hydroxylation is 1. The monoisotopic (exact) mass is 301 g/mol. The van der Waals surface area contributed by atoms with E-state index in [-0.39, 0.29) is 5.75 Å². The Morgan fingerprint density at radius 3 is 2.82 bits per heavy atom. The fourth-order valence-electron chi connectivity index (χ4n) is 5.79. The van der Waals surface area contributed by atoms with E-state index in [9.17, 15) is 5.11 Å². The zero-order valence-electron chi connectivity index (χ0n) is 13.6. The lowest BCUT2D eigenvalue weighted by atomic mass is 9.55. The Labute approximate surface area is 132 Å². The van der Waals surface area contributed by atoms with E-state index >= 15 is 0 Å². The fraction of sp³-hybridized carbons (Fsp3) is 0.684. The molecule has 4 rings (SSSR count). The van der Waals surface area contributed by atoms with Gasteiger partial charge >= 0.3 is 0 Å². The van der Waals surface area contributed by atoms with Crippen LogP contribution in [-0.4, -0.2) is 18.3 Å². The number of nitrogens with two attached hydrogens (primary N) is 1. The Bertz CT molecular complexity index is 599. The van der Waals surface area contributed by atoms with E-state index in [1.807, 2.05) is 6.07 Å². The van der Waals surface area contributed by atoms with E-state index in [4.69, 9.17) is 10.5 Å². The first-order chi connectivity index (χ1) is 10.5. The van der Waals surface area contributed by atoms with E-state index in [1.54, 1.807) is 7.11 Å². The maximum absolute atomic E-state index is 10.0. The number of benzene rings is 1. The Hall–Kier alpha value is -1.22. The van der Waals surface area contributed by atoms with Crippen LogP contribution in [0.3, 0.4) is 0 Å². The van der Waals surface area contributed by atoms with Crippen molar-refractivity contribution in [3.05, 3.63) is 23.3 Å². The standard InChI is InChI=1S/C19H27NO2/c1-19-8-7-12-13(15(19)5-6-18(19)20)4-3-11-9-16(21)17(22-2)10-14(11)12/h9-10,12-13,15,18,21H,3-8,20H2,1-2H3/t12-,13+,15-,18-,19-/m0/s1. The van der Waals surface area contributed by atoms with Gasteiger partial charge in [-0.25, -0.2) is 0 Å². The molecule has 22 heavy (non-hydrogen) atoms. The molecule has 2 saturated carbocycles. The summed E-state index contributed by atoms with van der Waals surface area (Å²) in [5.41, 5.74) is 9.55. The fourth-order valence-corrected chi connectivity index (χ4v) is 5.79. The molecule has 0 heterocycles. The molecule has 3 nitrogen and oxygen atoms in total. The zero-order chi connectivity index (χ0) is 15.5. The molecule has 0 bridgehead atoms. The average molecular weight is 301 g/mol. The minimum atomic E-state index is 0.281. The van der Waals surface area contributed by atoms with Crippen molar-refractivity contribution in [2.24, 2.45) is 23.0 Å². The van der Waals surface area contributed by atoms with Crippen LogP contribution in [0.15, 0.2) is 12.1 Å². The highest BCUT2D eigenvalue weighted by molar-refractivity contribution is 5.49. The van der Waals surface area contributed by atoms with Crippen molar-refractivity contribution in [2.45, 2.75) is 57.4 Å². The molecule has 0 amide bonds. The van der Waals surface area contributed by atoms with Gasteiger partial charge in [0.15, 0.2) is 11.5 Å². The number of methoxy groups -OCH3 is 1. The van der Waals surface area contributed by atoms with Gasteiger partial charge in [0.2, 0.25) is 0 Å². The summed E-state index contributed by atoms with van der Waals surface area (Å²) in [5.74, 6) is 3.06. The third kappa shape index (κ3) is 1.84. The summed E-state index contributed by atoms with van der Waals surface area (Å²) in [7, 11) is 1.63. The van der Waals surface area contributed by atoms with Crippen molar-refractivity contribution in [1.29, 1.82) is 0 Å². The van der Waals surface area contributed by atoms with Gasteiger partial charge < -0.3 is 15.6 Å². The van der Waals surface area contributed by atoms with Gasteiger partial charge in [0.05, 0.1) is 7.11 Å². The van der Waals surface area contributed by atoms with Crippen LogP contribution in [0.25, 0.3) is 0 Å². The van der Waals surface area contributed by atoms with Crippen molar-refractivity contribution in [3.8, 4) is 11.5 Å². The largest absolute Gasteiger partial charge is 0.504 e. The summed E-state index contributed by atoms with van der Waals surface area (Å²) < 4.78 is 5.34. The molecule has 0 spiro atoms. The van der Waals surface area contributed by atoms with E-state index in [1.165, 1.54) is 43.2 Å². The maximum atomic E-state index is 10.0. The van der Waals surface area contributed by atoms with E-state index in [0.29, 0.717) is 23.1 Å². The Morgan fingerprint density at radius 2 is 2.05 bits per heavy atom. The molecular weight excluding hydrogens is 274 g/mol. The number of hydrogen-bond donors (Lipinski definition) is 2. The highest BCUT2D eigenvalue weighted by Crippen LogP contribution is 2.60. The first kappa shape index (κ1) is 14.4. The Kier molecular flexibility index (Phi) is 3.19. The molecule has 0 saturated heterocycles. The molecule has 0 radical (unpaired) electrons. The predicted molar refractivity (Wildman–Crippen MR) is 87.3 cm³/mol. The summed E-state index contributed by atoms with van der Waals surface area (Å²) in [4.78, 5) is 0. The predicted octanol–water partition coefficient (Wildman–Crippen LogP) is 3.58. The summed E-state index contributed by atoms with van der Waals surface area (Å²) in [6.45, 7) is 2.43. The molecule has 0 unspecified atom stereocenters. The number of hydrogen-bond acceptors (Lipinski definition) is 3. The third-order valence-electron chi connectivity index (χ3n) is 7.10. The van der Waals surface area contributed by atoms with Crippen molar-refractivity contribution in [2.75, 3.05) is 7.11 Å². The molecular formula is C19H27NO2. The van der Waals surface area contributed by atoms with Gasteiger partial charge in [0, 0.05) is 6.04 Å². The van der Waals surface area contributed by atoms with Crippen molar-refractivity contribution >= 4 is 0 Å². The number of phenolic OH excluding ortho intramolecular Hbond substituents is 1. The Morgan fingerprint density at radius 1 is 1.23 bits per heavy atom. The van der Waals surface area contributed by atoms with Gasteiger partial charge in [-0.1, -0.05) is 6.92 Å². The minimum absolute atomic E-state index is 0.281. The van der Waals surface area contributed by atoms with Crippen molar-refractivity contribution < 1.29 is 9.84 Å². The van der Waals surface area contributed by atoms with Crippen LogP contribution in [0.1, 0.15) is 56.1 Å². The SMILES string of the molecule is COc1cc2c(cc1O)CC[C@@H]1[C@@H]2CC[C@]2(C)[C@@H](N)CC[C@@H]12. The van der Waals surface area contributed by atoms with Crippen LogP contribution < -0.4 is 10.5 Å². The number of aromatic hydroxyl groups is 1.